The Labute approximate surface area is 106 Å². The highest BCUT2D eigenvalue weighted by Crippen LogP contribution is 2.25. The summed E-state index contributed by atoms with van der Waals surface area (Å²) in [6.07, 6.45) is 0.216. The van der Waals surface area contributed by atoms with Crippen molar-refractivity contribution < 1.29 is 13.9 Å². The van der Waals surface area contributed by atoms with Gasteiger partial charge in [-0.15, -0.1) is 12.4 Å². The monoisotopic (exact) mass is 265 g/mol. The highest BCUT2D eigenvalue weighted by molar-refractivity contribution is 5.85. The SMILES string of the molecule is CCC[C@H](O)[C@H](N)c1c(F)ccc(C)c1F.Cl. The van der Waals surface area contributed by atoms with E-state index >= 15 is 0 Å². The molecule has 1 aromatic rings. The van der Waals surface area contributed by atoms with Gasteiger partial charge in [-0.1, -0.05) is 19.4 Å². The lowest BCUT2D eigenvalue weighted by atomic mass is 9.96. The van der Waals surface area contributed by atoms with Gasteiger partial charge in [0.15, 0.2) is 0 Å². The summed E-state index contributed by atoms with van der Waals surface area (Å²) >= 11 is 0. The molecule has 0 fully saturated rings. The molecule has 0 aromatic heterocycles. The third-order valence-electron chi connectivity index (χ3n) is 2.65. The molecule has 0 saturated carbocycles. The largest absolute Gasteiger partial charge is 0.391 e. The zero-order chi connectivity index (χ0) is 12.3. The molecule has 0 unspecified atom stereocenters. The van der Waals surface area contributed by atoms with Gasteiger partial charge in [-0.25, -0.2) is 8.78 Å². The summed E-state index contributed by atoms with van der Waals surface area (Å²) in [6.45, 7) is 3.41. The zero-order valence-electron chi connectivity index (χ0n) is 9.91. The number of hydrogen-bond donors (Lipinski definition) is 2. The third kappa shape index (κ3) is 3.63. The summed E-state index contributed by atoms with van der Waals surface area (Å²) in [5.74, 6) is -1.37. The number of hydrogen-bond acceptors (Lipinski definition) is 2. The number of nitrogens with two attached hydrogens (primary N) is 1. The maximum absolute atomic E-state index is 13.7. The minimum atomic E-state index is -1.01. The van der Waals surface area contributed by atoms with E-state index in [4.69, 9.17) is 5.73 Å². The van der Waals surface area contributed by atoms with E-state index < -0.39 is 23.8 Å². The summed E-state index contributed by atoms with van der Waals surface area (Å²) in [5, 5.41) is 9.65. The van der Waals surface area contributed by atoms with Crippen LogP contribution in [0.5, 0.6) is 0 Å². The minimum Gasteiger partial charge on any atom is -0.391 e. The molecule has 0 heterocycles. The van der Waals surface area contributed by atoms with Crippen molar-refractivity contribution in [3.05, 3.63) is 34.9 Å². The maximum atomic E-state index is 13.7. The third-order valence-corrected chi connectivity index (χ3v) is 2.65. The van der Waals surface area contributed by atoms with E-state index in [1.54, 1.807) is 0 Å². The van der Waals surface area contributed by atoms with Crippen LogP contribution < -0.4 is 5.73 Å². The van der Waals surface area contributed by atoms with Gasteiger partial charge in [-0.2, -0.15) is 0 Å². The Bertz CT molecular complexity index is 374. The number of benzene rings is 1. The summed E-state index contributed by atoms with van der Waals surface area (Å²) in [7, 11) is 0. The van der Waals surface area contributed by atoms with Crippen LogP contribution in [0.15, 0.2) is 12.1 Å². The average molecular weight is 266 g/mol. The first-order valence-electron chi connectivity index (χ1n) is 5.37. The van der Waals surface area contributed by atoms with Gasteiger partial charge in [0.1, 0.15) is 11.6 Å². The number of aliphatic hydroxyl groups is 1. The van der Waals surface area contributed by atoms with Gasteiger partial charge >= 0.3 is 0 Å². The van der Waals surface area contributed by atoms with Gasteiger partial charge in [0, 0.05) is 5.56 Å². The van der Waals surface area contributed by atoms with Crippen molar-refractivity contribution in [2.45, 2.75) is 38.8 Å². The highest BCUT2D eigenvalue weighted by atomic mass is 35.5. The fourth-order valence-corrected chi connectivity index (χ4v) is 1.65. The van der Waals surface area contributed by atoms with Gasteiger partial charge in [0.25, 0.3) is 0 Å². The normalized spacial score (nSPS) is 14.0. The van der Waals surface area contributed by atoms with Gasteiger partial charge in [-0.05, 0) is 25.0 Å². The van der Waals surface area contributed by atoms with Crippen LogP contribution in [-0.4, -0.2) is 11.2 Å². The van der Waals surface area contributed by atoms with Crippen molar-refractivity contribution >= 4 is 12.4 Å². The molecule has 98 valence electrons. The van der Waals surface area contributed by atoms with E-state index in [-0.39, 0.29) is 18.0 Å². The Hall–Kier alpha value is -0.710. The van der Waals surface area contributed by atoms with Crippen LogP contribution in [0.3, 0.4) is 0 Å². The van der Waals surface area contributed by atoms with E-state index in [2.05, 4.69) is 0 Å². The van der Waals surface area contributed by atoms with Crippen molar-refractivity contribution in [3.8, 4) is 0 Å². The number of rotatable bonds is 4. The first kappa shape index (κ1) is 16.3. The second kappa shape index (κ2) is 6.89. The Kier molecular flexibility index (Phi) is 6.60. The molecule has 3 N–H and O–H groups in total. The number of aliphatic hydroxyl groups excluding tert-OH is 1. The molecular formula is C12H18ClF2NO. The van der Waals surface area contributed by atoms with Crippen LogP contribution in [0.4, 0.5) is 8.78 Å². The van der Waals surface area contributed by atoms with Crippen molar-refractivity contribution in [1.82, 2.24) is 0 Å². The van der Waals surface area contributed by atoms with Crippen molar-refractivity contribution in [2.75, 3.05) is 0 Å². The molecule has 0 saturated heterocycles. The Morgan fingerprint density at radius 3 is 2.47 bits per heavy atom. The molecule has 1 rings (SSSR count). The molecule has 0 amide bonds. The van der Waals surface area contributed by atoms with E-state index in [1.807, 2.05) is 6.92 Å². The van der Waals surface area contributed by atoms with Gasteiger partial charge in [0.2, 0.25) is 0 Å². The smallest absolute Gasteiger partial charge is 0.133 e. The van der Waals surface area contributed by atoms with Gasteiger partial charge < -0.3 is 10.8 Å². The quantitative estimate of drug-likeness (QED) is 0.879. The molecule has 0 radical (unpaired) electrons. The Balaban J connectivity index is 0.00000256. The molecule has 1 aromatic carbocycles. The number of halogens is 3. The molecule has 0 spiro atoms. The molecule has 0 aliphatic heterocycles. The fraction of sp³-hybridized carbons (Fsp3) is 0.500. The predicted molar refractivity (Wildman–Crippen MR) is 66.2 cm³/mol. The van der Waals surface area contributed by atoms with E-state index in [9.17, 15) is 13.9 Å². The van der Waals surface area contributed by atoms with Crippen LogP contribution in [-0.2, 0) is 0 Å². The van der Waals surface area contributed by atoms with E-state index in [0.29, 0.717) is 18.4 Å². The molecule has 17 heavy (non-hydrogen) atoms. The second-order valence-electron chi connectivity index (χ2n) is 3.97. The lowest BCUT2D eigenvalue weighted by Crippen LogP contribution is -2.28. The van der Waals surface area contributed by atoms with Crippen LogP contribution >= 0.6 is 12.4 Å². The van der Waals surface area contributed by atoms with Gasteiger partial charge in [0.05, 0.1) is 12.1 Å². The molecular weight excluding hydrogens is 248 g/mol. The highest BCUT2D eigenvalue weighted by Gasteiger charge is 2.23. The summed E-state index contributed by atoms with van der Waals surface area (Å²) in [4.78, 5) is 0. The Morgan fingerprint density at radius 2 is 1.94 bits per heavy atom. The van der Waals surface area contributed by atoms with Gasteiger partial charge in [-0.3, -0.25) is 0 Å². The molecule has 0 aliphatic rings. The summed E-state index contributed by atoms with van der Waals surface area (Å²) in [5.41, 5.74) is 5.77. The standard InChI is InChI=1S/C12H17F2NO.ClH/c1-3-4-9(16)12(15)10-8(13)6-5-7(2)11(10)14;/h5-6,9,12,16H,3-4,15H2,1-2H3;1H/t9-,12-;/m0./s1. The summed E-state index contributed by atoms with van der Waals surface area (Å²) < 4.78 is 27.1. The molecule has 0 aliphatic carbocycles. The first-order valence-corrected chi connectivity index (χ1v) is 5.37. The van der Waals surface area contributed by atoms with E-state index in [1.165, 1.54) is 19.1 Å². The first-order chi connectivity index (χ1) is 7.49. The Morgan fingerprint density at radius 1 is 1.35 bits per heavy atom. The predicted octanol–water partition coefficient (Wildman–Crippen LogP) is 2.86. The summed E-state index contributed by atoms with van der Waals surface area (Å²) in [6, 6.07) is 1.51. The molecule has 2 atom stereocenters. The zero-order valence-corrected chi connectivity index (χ0v) is 10.7. The van der Waals surface area contributed by atoms with Crippen LogP contribution in [0.1, 0.15) is 36.9 Å². The lowest BCUT2D eigenvalue weighted by molar-refractivity contribution is 0.131. The maximum Gasteiger partial charge on any atom is 0.133 e. The number of aryl methyl sites for hydroxylation is 1. The lowest BCUT2D eigenvalue weighted by Gasteiger charge is -2.20. The van der Waals surface area contributed by atoms with Crippen LogP contribution in [0, 0.1) is 18.6 Å². The van der Waals surface area contributed by atoms with E-state index in [0.717, 1.165) is 0 Å². The fourth-order valence-electron chi connectivity index (χ4n) is 1.65. The van der Waals surface area contributed by atoms with Crippen molar-refractivity contribution in [3.63, 3.8) is 0 Å². The van der Waals surface area contributed by atoms with Crippen LogP contribution in [0.25, 0.3) is 0 Å². The molecule has 2 nitrogen and oxygen atoms in total. The topological polar surface area (TPSA) is 46.2 Å². The van der Waals surface area contributed by atoms with Crippen LogP contribution in [0.2, 0.25) is 0 Å². The van der Waals surface area contributed by atoms with Crippen molar-refractivity contribution in [1.29, 1.82) is 0 Å². The molecule has 0 bridgehead atoms. The average Bonchev–Trinajstić information content (AvgIpc) is 2.24. The second-order valence-corrected chi connectivity index (χ2v) is 3.97. The molecule has 5 heteroatoms. The minimum absolute atomic E-state index is 0. The van der Waals surface area contributed by atoms with Crippen molar-refractivity contribution in [2.24, 2.45) is 5.73 Å².